The lowest BCUT2D eigenvalue weighted by Crippen LogP contribution is -2.17. The van der Waals surface area contributed by atoms with E-state index < -0.39 is 12.1 Å². The molecule has 0 saturated carbocycles. The highest BCUT2D eigenvalue weighted by Crippen LogP contribution is 2.29. The summed E-state index contributed by atoms with van der Waals surface area (Å²) in [6, 6.07) is 8.53. The molecule has 0 radical (unpaired) electrons. The van der Waals surface area contributed by atoms with Crippen LogP contribution >= 0.6 is 0 Å². The highest BCUT2D eigenvalue weighted by atomic mass is 19.4. The zero-order valence-electron chi connectivity index (χ0n) is 15.1. The van der Waals surface area contributed by atoms with Crippen LogP contribution < -0.4 is 20.1 Å². The molecule has 11 heteroatoms. The molecule has 0 atom stereocenters. The van der Waals surface area contributed by atoms with Crippen LogP contribution in [0.2, 0.25) is 0 Å². The topological polar surface area (TPSA) is 103 Å². The van der Waals surface area contributed by atoms with E-state index in [4.69, 9.17) is 15.3 Å². The van der Waals surface area contributed by atoms with Crippen LogP contribution in [0.5, 0.6) is 17.4 Å². The summed E-state index contributed by atoms with van der Waals surface area (Å²) >= 11 is 0. The molecule has 3 rings (SSSR count). The fraction of sp³-hybridized carbons (Fsp3) is 0.111. The van der Waals surface area contributed by atoms with Crippen molar-refractivity contribution in [2.24, 2.45) is 0 Å². The van der Waals surface area contributed by atoms with E-state index >= 15 is 0 Å². The van der Waals surface area contributed by atoms with Gasteiger partial charge in [-0.2, -0.15) is 0 Å². The molecule has 0 fully saturated rings. The molecule has 2 N–H and O–H groups in total. The van der Waals surface area contributed by atoms with Gasteiger partial charge in [-0.15, -0.1) is 13.2 Å². The fourth-order valence-corrected chi connectivity index (χ4v) is 2.19. The SMILES string of the molecule is C=O.CN(c1cnc(Oc2cccc(OC(F)(F)F)c2)cn1)c1ncccc1N. The molecule has 0 saturated heterocycles. The zero-order chi connectivity index (χ0) is 21.4. The molecule has 0 bridgehead atoms. The first-order chi connectivity index (χ1) is 13.8. The molecular weight excluding hydrogens is 391 g/mol. The number of anilines is 3. The molecule has 0 amide bonds. The Labute approximate surface area is 163 Å². The van der Waals surface area contributed by atoms with Gasteiger partial charge >= 0.3 is 6.36 Å². The number of alkyl halides is 3. The predicted molar refractivity (Wildman–Crippen MR) is 99.1 cm³/mol. The van der Waals surface area contributed by atoms with Crippen LogP contribution in [0, 0.1) is 0 Å². The van der Waals surface area contributed by atoms with Gasteiger partial charge in [-0.25, -0.2) is 15.0 Å². The van der Waals surface area contributed by atoms with Crippen LogP contribution in [0.1, 0.15) is 0 Å². The second-order valence-corrected chi connectivity index (χ2v) is 5.31. The number of ether oxygens (including phenoxy) is 2. The monoisotopic (exact) mass is 407 g/mol. The standard InChI is InChI=1S/C17H14F3N5O2.CH2O/c1-25(16-13(21)6-3-7-22-16)14-9-24-15(10-23-14)26-11-4-2-5-12(8-11)27-17(18,19)20;1-2/h2-10H,21H2,1H3;1H2. The number of nitrogens with two attached hydrogens (primary N) is 1. The normalized spacial score (nSPS) is 10.5. The van der Waals surface area contributed by atoms with Gasteiger partial charge in [-0.05, 0) is 24.3 Å². The molecule has 0 spiro atoms. The summed E-state index contributed by atoms with van der Waals surface area (Å²) in [5.41, 5.74) is 6.36. The Bertz CT molecular complexity index is 939. The second kappa shape index (κ2) is 9.35. The Morgan fingerprint density at radius 1 is 1.03 bits per heavy atom. The van der Waals surface area contributed by atoms with Gasteiger partial charge in [0.05, 0.1) is 18.1 Å². The lowest BCUT2D eigenvalue weighted by molar-refractivity contribution is -0.274. The number of nitrogens with zero attached hydrogens (tertiary/aromatic N) is 4. The number of rotatable bonds is 5. The number of halogens is 3. The van der Waals surface area contributed by atoms with Gasteiger partial charge in [0.15, 0.2) is 11.6 Å². The molecule has 8 nitrogen and oxygen atoms in total. The minimum Gasteiger partial charge on any atom is -0.437 e. The third kappa shape index (κ3) is 6.06. The average molecular weight is 407 g/mol. The summed E-state index contributed by atoms with van der Waals surface area (Å²) in [7, 11) is 1.72. The maximum Gasteiger partial charge on any atom is 0.573 e. The van der Waals surface area contributed by atoms with Crippen molar-refractivity contribution in [3.8, 4) is 17.4 Å². The van der Waals surface area contributed by atoms with Crippen LogP contribution in [0.15, 0.2) is 55.0 Å². The van der Waals surface area contributed by atoms with E-state index in [0.29, 0.717) is 17.3 Å². The second-order valence-electron chi connectivity index (χ2n) is 5.31. The molecule has 3 aromatic rings. The first-order valence-corrected chi connectivity index (χ1v) is 7.90. The van der Waals surface area contributed by atoms with Crippen molar-refractivity contribution in [3.63, 3.8) is 0 Å². The quantitative estimate of drug-likeness (QED) is 0.682. The van der Waals surface area contributed by atoms with E-state index in [1.165, 1.54) is 30.6 Å². The first kappa shape index (κ1) is 21.4. The highest BCUT2D eigenvalue weighted by molar-refractivity contribution is 5.68. The fourth-order valence-electron chi connectivity index (χ4n) is 2.19. The number of nitrogen functional groups attached to an aromatic ring is 1. The average Bonchev–Trinajstić information content (AvgIpc) is 2.69. The number of carbonyl (C=O) groups is 1. The molecule has 152 valence electrons. The zero-order valence-corrected chi connectivity index (χ0v) is 15.1. The van der Waals surface area contributed by atoms with Crippen molar-refractivity contribution < 1.29 is 27.4 Å². The lowest BCUT2D eigenvalue weighted by Gasteiger charge is -2.18. The molecule has 29 heavy (non-hydrogen) atoms. The van der Waals surface area contributed by atoms with Crippen molar-refractivity contribution in [2.75, 3.05) is 17.7 Å². The Kier molecular flexibility index (Phi) is 6.90. The van der Waals surface area contributed by atoms with Gasteiger partial charge in [0, 0.05) is 19.3 Å². The molecule has 1 aromatic carbocycles. The van der Waals surface area contributed by atoms with Crippen molar-refractivity contribution in [2.45, 2.75) is 6.36 Å². The van der Waals surface area contributed by atoms with Gasteiger partial charge in [0.2, 0.25) is 5.88 Å². The molecule has 2 heterocycles. The Hall–Kier alpha value is -3.89. The molecule has 0 unspecified atom stereocenters. The third-order valence-corrected chi connectivity index (χ3v) is 3.35. The van der Waals surface area contributed by atoms with Crippen LogP contribution in [0.4, 0.5) is 30.5 Å². The number of aromatic nitrogens is 3. The van der Waals surface area contributed by atoms with Crippen molar-refractivity contribution in [1.82, 2.24) is 15.0 Å². The molecular formula is C18H16F3N5O3. The number of hydrogen-bond acceptors (Lipinski definition) is 8. The van der Waals surface area contributed by atoms with Gasteiger partial charge in [-0.1, -0.05) is 6.07 Å². The van der Waals surface area contributed by atoms with Crippen LogP contribution in [-0.4, -0.2) is 35.2 Å². The smallest absolute Gasteiger partial charge is 0.437 e. The summed E-state index contributed by atoms with van der Waals surface area (Å²) in [6.45, 7) is 2.00. The summed E-state index contributed by atoms with van der Waals surface area (Å²) in [4.78, 5) is 22.1. The maximum atomic E-state index is 12.3. The third-order valence-electron chi connectivity index (χ3n) is 3.35. The van der Waals surface area contributed by atoms with Crippen molar-refractivity contribution in [1.29, 1.82) is 0 Å². The molecule has 0 aliphatic carbocycles. The van der Waals surface area contributed by atoms with Crippen LogP contribution in [0.3, 0.4) is 0 Å². The number of pyridine rings is 1. The van der Waals surface area contributed by atoms with Gasteiger partial charge in [-0.3, -0.25) is 0 Å². The number of carbonyl (C=O) groups excluding carboxylic acids is 1. The summed E-state index contributed by atoms with van der Waals surface area (Å²) in [5.74, 6) is 0.806. The Morgan fingerprint density at radius 2 is 1.76 bits per heavy atom. The van der Waals surface area contributed by atoms with Crippen LogP contribution in [0.25, 0.3) is 0 Å². The van der Waals surface area contributed by atoms with E-state index in [1.807, 2.05) is 6.79 Å². The molecule has 0 aliphatic heterocycles. The van der Waals surface area contributed by atoms with E-state index in [2.05, 4.69) is 19.7 Å². The summed E-state index contributed by atoms with van der Waals surface area (Å²) < 4.78 is 46.1. The van der Waals surface area contributed by atoms with E-state index in [9.17, 15) is 13.2 Å². The van der Waals surface area contributed by atoms with Crippen LogP contribution in [-0.2, 0) is 4.79 Å². The number of benzene rings is 1. The molecule has 0 aliphatic rings. The first-order valence-electron chi connectivity index (χ1n) is 7.90. The summed E-state index contributed by atoms with van der Waals surface area (Å²) in [6.07, 6.45) is -0.414. The van der Waals surface area contributed by atoms with Crippen molar-refractivity contribution >= 4 is 24.1 Å². The van der Waals surface area contributed by atoms with E-state index in [0.717, 1.165) is 6.07 Å². The van der Waals surface area contributed by atoms with Gasteiger partial charge < -0.3 is 24.9 Å². The van der Waals surface area contributed by atoms with E-state index in [-0.39, 0.29) is 11.6 Å². The Balaban J connectivity index is 0.00000145. The summed E-state index contributed by atoms with van der Waals surface area (Å²) in [5, 5.41) is 0. The van der Waals surface area contributed by atoms with Gasteiger partial charge in [0.1, 0.15) is 18.3 Å². The predicted octanol–water partition coefficient (Wildman–Crippen LogP) is 3.73. The highest BCUT2D eigenvalue weighted by Gasteiger charge is 2.31. The molecule has 2 aromatic heterocycles. The maximum absolute atomic E-state index is 12.3. The van der Waals surface area contributed by atoms with E-state index in [1.54, 1.807) is 30.3 Å². The van der Waals surface area contributed by atoms with Gasteiger partial charge in [0.25, 0.3) is 0 Å². The largest absolute Gasteiger partial charge is 0.573 e. The Morgan fingerprint density at radius 3 is 2.38 bits per heavy atom. The van der Waals surface area contributed by atoms with Crippen molar-refractivity contribution in [3.05, 3.63) is 55.0 Å². The minimum atomic E-state index is -4.78. The minimum absolute atomic E-state index is 0.102. The number of hydrogen-bond donors (Lipinski definition) is 1. The lowest BCUT2D eigenvalue weighted by atomic mass is 10.3.